The van der Waals surface area contributed by atoms with E-state index in [-0.39, 0.29) is 6.61 Å². The van der Waals surface area contributed by atoms with Gasteiger partial charge in [0.1, 0.15) is 0 Å². The minimum Gasteiger partial charge on any atom is -0.392 e. The van der Waals surface area contributed by atoms with Crippen molar-refractivity contribution in [3.05, 3.63) is 41.5 Å². The Labute approximate surface area is 79.7 Å². The summed E-state index contributed by atoms with van der Waals surface area (Å²) in [5.74, 6) is 0.472. The summed E-state index contributed by atoms with van der Waals surface area (Å²) in [7, 11) is 0. The quantitative estimate of drug-likeness (QED) is 0.750. The van der Waals surface area contributed by atoms with E-state index in [2.05, 4.69) is 26.5 Å². The molecule has 0 atom stereocenters. The molecule has 1 rings (SSSR count). The van der Waals surface area contributed by atoms with Crippen molar-refractivity contribution in [3.63, 3.8) is 0 Å². The Morgan fingerprint density at radius 3 is 2.62 bits per heavy atom. The molecule has 0 aromatic heterocycles. The number of rotatable bonds is 3. The highest BCUT2D eigenvalue weighted by Crippen LogP contribution is 2.23. The smallest absolute Gasteiger partial charge is 0.0687 e. The Morgan fingerprint density at radius 1 is 1.46 bits per heavy atom. The fourth-order valence-electron chi connectivity index (χ4n) is 1.52. The molecule has 0 aliphatic rings. The fourth-order valence-corrected chi connectivity index (χ4v) is 1.52. The van der Waals surface area contributed by atoms with E-state index in [0.717, 1.165) is 11.1 Å². The average molecular weight is 176 g/mol. The van der Waals surface area contributed by atoms with Crippen LogP contribution in [0.2, 0.25) is 0 Å². The van der Waals surface area contributed by atoms with Gasteiger partial charge in [0, 0.05) is 0 Å². The minimum atomic E-state index is 0.0852. The molecule has 13 heavy (non-hydrogen) atoms. The number of hydrogen-bond acceptors (Lipinski definition) is 1. The van der Waals surface area contributed by atoms with Crippen molar-refractivity contribution in [2.24, 2.45) is 0 Å². The molecule has 0 saturated carbocycles. The van der Waals surface area contributed by atoms with Gasteiger partial charge in [-0.1, -0.05) is 44.7 Å². The first-order valence-corrected chi connectivity index (χ1v) is 4.55. The Balaban J connectivity index is 3.27. The highest BCUT2D eigenvalue weighted by atomic mass is 16.3. The van der Waals surface area contributed by atoms with Crippen LogP contribution in [0.5, 0.6) is 0 Å². The zero-order valence-corrected chi connectivity index (χ0v) is 8.25. The Morgan fingerprint density at radius 2 is 2.15 bits per heavy atom. The second-order valence-corrected chi connectivity index (χ2v) is 3.44. The van der Waals surface area contributed by atoms with Gasteiger partial charge in [-0.2, -0.15) is 0 Å². The van der Waals surface area contributed by atoms with Crippen LogP contribution in [0.25, 0.3) is 6.08 Å². The molecule has 1 N–H and O–H groups in total. The molecule has 0 unspecified atom stereocenters. The van der Waals surface area contributed by atoms with Gasteiger partial charge < -0.3 is 5.11 Å². The van der Waals surface area contributed by atoms with Crippen molar-refractivity contribution < 1.29 is 5.11 Å². The number of hydrogen-bond donors (Lipinski definition) is 1. The average Bonchev–Trinajstić information content (AvgIpc) is 2.16. The monoisotopic (exact) mass is 176 g/mol. The van der Waals surface area contributed by atoms with E-state index in [1.165, 1.54) is 5.56 Å². The number of aliphatic hydroxyl groups excluding tert-OH is 1. The van der Waals surface area contributed by atoms with E-state index >= 15 is 0 Å². The lowest BCUT2D eigenvalue weighted by Gasteiger charge is -2.12. The van der Waals surface area contributed by atoms with E-state index in [9.17, 15) is 0 Å². The van der Waals surface area contributed by atoms with E-state index in [0.29, 0.717) is 5.92 Å². The van der Waals surface area contributed by atoms with Gasteiger partial charge in [0.15, 0.2) is 0 Å². The molecular formula is C12H16O. The fraction of sp³-hybridized carbons (Fsp3) is 0.333. The maximum atomic E-state index is 9.11. The van der Waals surface area contributed by atoms with Gasteiger partial charge >= 0.3 is 0 Å². The third kappa shape index (κ3) is 1.99. The van der Waals surface area contributed by atoms with E-state index in [1.807, 2.05) is 18.2 Å². The molecule has 0 saturated heterocycles. The lowest BCUT2D eigenvalue weighted by atomic mass is 9.93. The molecule has 0 bridgehead atoms. The molecule has 70 valence electrons. The van der Waals surface area contributed by atoms with E-state index < -0.39 is 0 Å². The van der Waals surface area contributed by atoms with Crippen molar-refractivity contribution in [2.45, 2.75) is 26.4 Å². The third-order valence-electron chi connectivity index (χ3n) is 2.23. The van der Waals surface area contributed by atoms with Crippen LogP contribution in [-0.4, -0.2) is 5.11 Å². The van der Waals surface area contributed by atoms with Crippen molar-refractivity contribution in [1.82, 2.24) is 0 Å². The minimum absolute atomic E-state index is 0.0852. The summed E-state index contributed by atoms with van der Waals surface area (Å²) < 4.78 is 0. The standard InChI is InChI=1S/C12H16O/c1-4-11-10(8-13)6-5-7-12(11)9(2)3/h4-7,9,13H,1,8H2,2-3H3. The van der Waals surface area contributed by atoms with Crippen LogP contribution in [0.4, 0.5) is 0 Å². The predicted octanol–water partition coefficient (Wildman–Crippen LogP) is 2.95. The SMILES string of the molecule is C=Cc1c(CO)cccc1C(C)C. The van der Waals surface area contributed by atoms with E-state index in [4.69, 9.17) is 5.11 Å². The summed E-state index contributed by atoms with van der Waals surface area (Å²) in [6.07, 6.45) is 1.82. The maximum Gasteiger partial charge on any atom is 0.0687 e. The molecule has 0 fully saturated rings. The highest BCUT2D eigenvalue weighted by molar-refractivity contribution is 5.57. The molecule has 1 aromatic carbocycles. The lowest BCUT2D eigenvalue weighted by Crippen LogP contribution is -1.96. The van der Waals surface area contributed by atoms with Gasteiger partial charge in [-0.25, -0.2) is 0 Å². The lowest BCUT2D eigenvalue weighted by molar-refractivity contribution is 0.281. The zero-order chi connectivity index (χ0) is 9.84. The molecule has 0 aliphatic heterocycles. The van der Waals surface area contributed by atoms with Crippen LogP contribution < -0.4 is 0 Å². The Hall–Kier alpha value is -1.08. The Kier molecular flexibility index (Phi) is 3.26. The first-order chi connectivity index (χ1) is 6.20. The highest BCUT2D eigenvalue weighted by Gasteiger charge is 2.06. The first kappa shape index (κ1) is 10.0. The van der Waals surface area contributed by atoms with Gasteiger partial charge in [0.2, 0.25) is 0 Å². The molecule has 0 heterocycles. The summed E-state index contributed by atoms with van der Waals surface area (Å²) in [6.45, 7) is 8.14. The van der Waals surface area contributed by atoms with Gasteiger partial charge in [0.05, 0.1) is 6.61 Å². The summed E-state index contributed by atoms with van der Waals surface area (Å²) in [6, 6.07) is 6.00. The van der Waals surface area contributed by atoms with Crippen LogP contribution in [-0.2, 0) is 6.61 Å². The van der Waals surface area contributed by atoms with Crippen LogP contribution >= 0.6 is 0 Å². The summed E-state index contributed by atoms with van der Waals surface area (Å²) in [5, 5.41) is 9.11. The number of aliphatic hydroxyl groups is 1. The molecular weight excluding hydrogens is 160 g/mol. The summed E-state index contributed by atoms with van der Waals surface area (Å²) in [5.41, 5.74) is 3.29. The van der Waals surface area contributed by atoms with Gasteiger partial charge in [-0.3, -0.25) is 0 Å². The second kappa shape index (κ2) is 4.24. The predicted molar refractivity (Wildman–Crippen MR) is 56.5 cm³/mol. The molecule has 1 nitrogen and oxygen atoms in total. The number of benzene rings is 1. The normalized spacial score (nSPS) is 10.5. The van der Waals surface area contributed by atoms with Gasteiger partial charge in [-0.15, -0.1) is 0 Å². The topological polar surface area (TPSA) is 20.2 Å². The van der Waals surface area contributed by atoms with Gasteiger partial charge in [-0.05, 0) is 22.6 Å². The molecule has 0 amide bonds. The van der Waals surface area contributed by atoms with Crippen LogP contribution in [0.1, 0.15) is 36.5 Å². The van der Waals surface area contributed by atoms with E-state index in [1.54, 1.807) is 0 Å². The summed E-state index contributed by atoms with van der Waals surface area (Å²) >= 11 is 0. The van der Waals surface area contributed by atoms with Crippen molar-refractivity contribution in [3.8, 4) is 0 Å². The Bertz CT molecular complexity index is 300. The van der Waals surface area contributed by atoms with Crippen molar-refractivity contribution in [2.75, 3.05) is 0 Å². The largest absolute Gasteiger partial charge is 0.392 e. The third-order valence-corrected chi connectivity index (χ3v) is 2.23. The second-order valence-electron chi connectivity index (χ2n) is 3.44. The first-order valence-electron chi connectivity index (χ1n) is 4.55. The molecule has 1 heteroatoms. The van der Waals surface area contributed by atoms with Gasteiger partial charge in [0.25, 0.3) is 0 Å². The van der Waals surface area contributed by atoms with Crippen LogP contribution in [0, 0.1) is 0 Å². The molecule has 0 aliphatic carbocycles. The van der Waals surface area contributed by atoms with Crippen LogP contribution in [0.15, 0.2) is 24.8 Å². The molecule has 0 radical (unpaired) electrons. The van der Waals surface area contributed by atoms with Crippen molar-refractivity contribution in [1.29, 1.82) is 0 Å². The zero-order valence-electron chi connectivity index (χ0n) is 8.25. The van der Waals surface area contributed by atoms with Crippen molar-refractivity contribution >= 4 is 6.08 Å². The molecule has 0 spiro atoms. The maximum absolute atomic E-state index is 9.11. The molecule has 1 aromatic rings. The van der Waals surface area contributed by atoms with Crippen LogP contribution in [0.3, 0.4) is 0 Å². The summed E-state index contributed by atoms with van der Waals surface area (Å²) in [4.78, 5) is 0.